The quantitative estimate of drug-likeness (QED) is 0.295. The van der Waals surface area contributed by atoms with Gasteiger partial charge in [0.05, 0.1) is 20.2 Å². The number of nitrogens with one attached hydrogen (secondary N) is 2. The van der Waals surface area contributed by atoms with Gasteiger partial charge in [0.2, 0.25) is 5.91 Å². The summed E-state index contributed by atoms with van der Waals surface area (Å²) in [6, 6.07) is 4.95. The number of benzene rings is 1. The number of carbonyl (C=O) groups excluding carboxylic acids is 1. The summed E-state index contributed by atoms with van der Waals surface area (Å²) in [7, 11) is 4.88. The van der Waals surface area contributed by atoms with Crippen molar-refractivity contribution in [1.29, 1.82) is 0 Å². The fourth-order valence-electron chi connectivity index (χ4n) is 4.25. The van der Waals surface area contributed by atoms with Crippen molar-refractivity contribution in [3.05, 3.63) is 23.8 Å². The van der Waals surface area contributed by atoms with E-state index in [1.165, 1.54) is 37.3 Å². The zero-order valence-electron chi connectivity index (χ0n) is 18.1. The highest BCUT2D eigenvalue weighted by molar-refractivity contribution is 14.0. The van der Waals surface area contributed by atoms with E-state index in [1.807, 2.05) is 0 Å². The van der Waals surface area contributed by atoms with Gasteiger partial charge in [-0.25, -0.2) is 4.99 Å². The number of nitrogens with zero attached hydrogens (tertiary/aromatic N) is 2. The van der Waals surface area contributed by atoms with Gasteiger partial charge in [0.25, 0.3) is 0 Å². The molecule has 1 aromatic rings. The molecule has 3 unspecified atom stereocenters. The normalized spacial score (nSPS) is 22.1. The number of likely N-dealkylation sites (N-methyl/N-ethyl adjacent to an activating group) is 1. The van der Waals surface area contributed by atoms with E-state index in [-0.39, 0.29) is 48.7 Å². The van der Waals surface area contributed by atoms with Gasteiger partial charge in [0, 0.05) is 25.7 Å². The van der Waals surface area contributed by atoms with Gasteiger partial charge in [0.1, 0.15) is 11.5 Å². The zero-order valence-corrected chi connectivity index (χ0v) is 20.4. The summed E-state index contributed by atoms with van der Waals surface area (Å²) in [6.45, 7) is -2.73. The van der Waals surface area contributed by atoms with Gasteiger partial charge in [-0.05, 0) is 49.3 Å². The number of ether oxygens (including phenoxy) is 2. The Morgan fingerprint density at radius 1 is 1.29 bits per heavy atom. The van der Waals surface area contributed by atoms with Gasteiger partial charge in [0.15, 0.2) is 5.96 Å². The van der Waals surface area contributed by atoms with Crippen molar-refractivity contribution in [1.82, 2.24) is 15.5 Å². The third-order valence-corrected chi connectivity index (χ3v) is 5.86. The number of methoxy groups -OCH3 is 1. The van der Waals surface area contributed by atoms with E-state index in [2.05, 4.69) is 20.4 Å². The minimum absolute atomic E-state index is 0. The smallest absolute Gasteiger partial charge is 0.387 e. The fourth-order valence-corrected chi connectivity index (χ4v) is 4.25. The van der Waals surface area contributed by atoms with Crippen molar-refractivity contribution in [2.75, 3.05) is 27.7 Å². The molecular formula is C21H31F2IN4O3. The molecule has 1 amide bonds. The highest BCUT2D eigenvalue weighted by Gasteiger charge is 2.39. The third-order valence-electron chi connectivity index (χ3n) is 5.86. The monoisotopic (exact) mass is 552 g/mol. The second kappa shape index (κ2) is 11.7. The largest absolute Gasteiger partial charge is 0.497 e. The summed E-state index contributed by atoms with van der Waals surface area (Å²) in [5.41, 5.74) is 0.475. The van der Waals surface area contributed by atoms with Crippen LogP contribution in [0.25, 0.3) is 0 Å². The van der Waals surface area contributed by atoms with Gasteiger partial charge in [-0.1, -0.05) is 6.42 Å². The molecule has 2 bridgehead atoms. The van der Waals surface area contributed by atoms with Crippen LogP contribution in [0.3, 0.4) is 0 Å². The molecule has 0 heterocycles. The van der Waals surface area contributed by atoms with E-state index >= 15 is 0 Å². The van der Waals surface area contributed by atoms with Crippen LogP contribution in [0, 0.1) is 11.8 Å². The van der Waals surface area contributed by atoms with Crippen molar-refractivity contribution in [3.63, 3.8) is 0 Å². The molecule has 3 rings (SSSR count). The second-order valence-corrected chi connectivity index (χ2v) is 8.08. The predicted octanol–water partition coefficient (Wildman–Crippen LogP) is 3.23. The van der Waals surface area contributed by atoms with Crippen LogP contribution < -0.4 is 20.1 Å². The van der Waals surface area contributed by atoms with Gasteiger partial charge in [-0.15, -0.1) is 24.0 Å². The van der Waals surface area contributed by atoms with Gasteiger partial charge in [-0.2, -0.15) is 8.78 Å². The molecule has 2 fully saturated rings. The van der Waals surface area contributed by atoms with E-state index in [4.69, 9.17) is 4.74 Å². The molecule has 31 heavy (non-hydrogen) atoms. The third kappa shape index (κ3) is 7.08. The molecule has 2 saturated carbocycles. The number of hydrogen-bond acceptors (Lipinski definition) is 4. The van der Waals surface area contributed by atoms with Crippen LogP contribution in [0.4, 0.5) is 8.78 Å². The number of alkyl halides is 2. The van der Waals surface area contributed by atoms with Crippen LogP contribution in [-0.2, 0) is 11.3 Å². The minimum atomic E-state index is -2.93. The van der Waals surface area contributed by atoms with Crippen molar-refractivity contribution in [2.45, 2.75) is 44.9 Å². The Hall–Kier alpha value is -1.85. The molecule has 0 saturated heterocycles. The van der Waals surface area contributed by atoms with Crippen molar-refractivity contribution in [3.8, 4) is 11.5 Å². The number of guanidine groups is 1. The number of amides is 1. The van der Waals surface area contributed by atoms with E-state index in [1.54, 1.807) is 26.2 Å². The Labute approximate surface area is 199 Å². The maximum absolute atomic E-state index is 12.8. The lowest BCUT2D eigenvalue weighted by atomic mass is 9.95. The molecule has 10 heteroatoms. The molecule has 2 aliphatic rings. The first-order valence-corrected chi connectivity index (χ1v) is 10.2. The molecule has 2 aliphatic carbocycles. The predicted molar refractivity (Wildman–Crippen MR) is 125 cm³/mol. The first kappa shape index (κ1) is 25.4. The van der Waals surface area contributed by atoms with E-state index in [0.717, 1.165) is 12.3 Å². The standard InChI is InChI=1S/C21H30F2N4O3.HI/c1-27(2)19(28)12-25-21(26-17-9-13-4-5-14(17)8-13)24-11-15-10-16(29-3)6-7-18(15)30-20(22)23;/h6-7,10,13-14,17,20H,4-5,8-9,11-12H2,1-3H3,(H2,24,25,26);1H. The zero-order chi connectivity index (χ0) is 21.7. The SMILES string of the molecule is COc1ccc(OC(F)F)c(CN=C(NCC(=O)N(C)C)NC2CC3CCC2C3)c1.I. The Morgan fingerprint density at radius 2 is 2.06 bits per heavy atom. The summed E-state index contributed by atoms with van der Waals surface area (Å²) >= 11 is 0. The van der Waals surface area contributed by atoms with Gasteiger partial charge in [-0.3, -0.25) is 4.79 Å². The molecule has 2 N–H and O–H groups in total. The van der Waals surface area contributed by atoms with E-state index in [0.29, 0.717) is 29.2 Å². The number of aliphatic imine (C=N–C) groups is 1. The summed E-state index contributed by atoms with van der Waals surface area (Å²) < 4.78 is 35.4. The number of halogens is 3. The van der Waals surface area contributed by atoms with Crippen molar-refractivity contribution in [2.24, 2.45) is 16.8 Å². The summed E-state index contributed by atoms with van der Waals surface area (Å²) in [6.07, 6.45) is 4.80. The van der Waals surface area contributed by atoms with Crippen LogP contribution in [0.5, 0.6) is 11.5 Å². The van der Waals surface area contributed by atoms with Crippen LogP contribution in [0.15, 0.2) is 23.2 Å². The molecule has 7 nitrogen and oxygen atoms in total. The lowest BCUT2D eigenvalue weighted by Gasteiger charge is -2.25. The Morgan fingerprint density at radius 3 is 2.65 bits per heavy atom. The van der Waals surface area contributed by atoms with Crippen LogP contribution >= 0.6 is 24.0 Å². The molecule has 3 atom stereocenters. The molecule has 1 aromatic carbocycles. The van der Waals surface area contributed by atoms with E-state index < -0.39 is 6.61 Å². The average molecular weight is 552 g/mol. The lowest BCUT2D eigenvalue weighted by molar-refractivity contribution is -0.127. The van der Waals surface area contributed by atoms with E-state index in [9.17, 15) is 13.6 Å². The fraction of sp³-hybridized carbons (Fsp3) is 0.619. The molecule has 0 radical (unpaired) electrons. The molecular weight excluding hydrogens is 521 g/mol. The second-order valence-electron chi connectivity index (χ2n) is 8.08. The van der Waals surface area contributed by atoms with Crippen molar-refractivity contribution < 1.29 is 23.0 Å². The summed E-state index contributed by atoms with van der Waals surface area (Å²) in [4.78, 5) is 18.1. The van der Waals surface area contributed by atoms with Crippen LogP contribution in [0.2, 0.25) is 0 Å². The van der Waals surface area contributed by atoms with Gasteiger partial charge < -0.3 is 25.0 Å². The molecule has 174 valence electrons. The molecule has 0 spiro atoms. The van der Waals surface area contributed by atoms with Crippen LogP contribution in [0.1, 0.15) is 31.2 Å². The van der Waals surface area contributed by atoms with Crippen molar-refractivity contribution >= 4 is 35.8 Å². The highest BCUT2D eigenvalue weighted by atomic mass is 127. The first-order chi connectivity index (χ1) is 14.4. The molecule has 0 aliphatic heterocycles. The maximum Gasteiger partial charge on any atom is 0.387 e. The Kier molecular flexibility index (Phi) is 9.57. The number of carbonyl (C=O) groups is 1. The number of rotatable bonds is 8. The Bertz CT molecular complexity index is 779. The topological polar surface area (TPSA) is 75.2 Å². The Balaban J connectivity index is 0.00000341. The van der Waals surface area contributed by atoms with Gasteiger partial charge >= 0.3 is 6.61 Å². The number of fused-ring (bicyclic) bond motifs is 2. The highest BCUT2D eigenvalue weighted by Crippen LogP contribution is 2.44. The lowest BCUT2D eigenvalue weighted by Crippen LogP contribution is -2.48. The summed E-state index contributed by atoms with van der Waals surface area (Å²) in [5, 5.41) is 6.52. The molecule has 0 aromatic heterocycles. The summed E-state index contributed by atoms with van der Waals surface area (Å²) in [5.74, 6) is 2.36. The average Bonchev–Trinajstić information content (AvgIpc) is 3.33. The maximum atomic E-state index is 12.8. The van der Waals surface area contributed by atoms with Crippen LogP contribution in [-0.4, -0.2) is 57.2 Å². The number of hydrogen-bond donors (Lipinski definition) is 2. The first-order valence-electron chi connectivity index (χ1n) is 10.2. The minimum Gasteiger partial charge on any atom is -0.497 e.